The molecule has 1 fully saturated rings. The number of rotatable bonds is 10. The number of aromatic nitrogens is 4. The fourth-order valence-corrected chi connectivity index (χ4v) is 4.88. The zero-order valence-corrected chi connectivity index (χ0v) is 21.6. The molecule has 35 heavy (non-hydrogen) atoms. The molecule has 0 spiro atoms. The van der Waals surface area contributed by atoms with Gasteiger partial charge in [0, 0.05) is 32.6 Å². The Kier molecular flexibility index (Phi) is 8.91. The van der Waals surface area contributed by atoms with E-state index in [1.54, 1.807) is 9.47 Å². The monoisotopic (exact) mass is 489 g/mol. The lowest BCUT2D eigenvalue weighted by atomic mass is 9.92. The summed E-state index contributed by atoms with van der Waals surface area (Å²) >= 11 is 0. The molecule has 1 amide bonds. The number of ether oxygens (including phenoxy) is 1. The maximum Gasteiger partial charge on any atom is 0.330 e. The maximum absolute atomic E-state index is 12.7. The number of carbonyl (C=O) groups excluding carboxylic acids is 2. The standard InChI is InChI=1S/C25H39N5O5/c1-6-7-10-29-23-22(24(33)27-25(29)34)30(12-16(2)3)19(26-23)8-9-21(32)35-15-20(31)28-13-17(4)11-18(5)14-28/h16-18H,6-15H2,1-5H3,(H,27,33,34). The molecular formula is C25H39N5O5. The van der Waals surface area contributed by atoms with Crippen molar-refractivity contribution in [2.75, 3.05) is 19.7 Å². The maximum atomic E-state index is 12.7. The molecule has 0 bridgehead atoms. The van der Waals surface area contributed by atoms with E-state index >= 15 is 0 Å². The van der Waals surface area contributed by atoms with Crippen LogP contribution in [0.3, 0.4) is 0 Å². The summed E-state index contributed by atoms with van der Waals surface area (Å²) in [6, 6.07) is 0. The molecule has 3 heterocycles. The molecule has 10 nitrogen and oxygen atoms in total. The van der Waals surface area contributed by atoms with E-state index in [4.69, 9.17) is 4.74 Å². The summed E-state index contributed by atoms with van der Waals surface area (Å²) in [5.74, 6) is 0.986. The van der Waals surface area contributed by atoms with Crippen LogP contribution in [0.15, 0.2) is 9.59 Å². The van der Waals surface area contributed by atoms with Crippen molar-refractivity contribution in [2.24, 2.45) is 17.8 Å². The van der Waals surface area contributed by atoms with Crippen molar-refractivity contribution in [2.45, 2.75) is 79.8 Å². The molecule has 0 aromatic carbocycles. The van der Waals surface area contributed by atoms with E-state index in [9.17, 15) is 19.2 Å². The topological polar surface area (TPSA) is 119 Å². The first-order chi connectivity index (χ1) is 16.6. The third-order valence-electron chi connectivity index (χ3n) is 6.38. The predicted molar refractivity (Wildman–Crippen MR) is 133 cm³/mol. The molecule has 194 valence electrons. The summed E-state index contributed by atoms with van der Waals surface area (Å²) in [5, 5.41) is 0. The number of esters is 1. The van der Waals surface area contributed by atoms with Gasteiger partial charge in [0.1, 0.15) is 5.82 Å². The van der Waals surface area contributed by atoms with E-state index in [0.717, 1.165) is 19.3 Å². The summed E-state index contributed by atoms with van der Waals surface area (Å²) in [6.07, 6.45) is 3.04. The van der Waals surface area contributed by atoms with Crippen LogP contribution in [0.1, 0.15) is 66.1 Å². The van der Waals surface area contributed by atoms with Gasteiger partial charge in [-0.3, -0.25) is 23.9 Å². The summed E-state index contributed by atoms with van der Waals surface area (Å²) in [7, 11) is 0. The van der Waals surface area contributed by atoms with E-state index in [2.05, 4.69) is 23.8 Å². The lowest BCUT2D eigenvalue weighted by Crippen LogP contribution is -2.44. The Balaban J connectivity index is 1.73. The van der Waals surface area contributed by atoms with E-state index in [1.807, 2.05) is 20.8 Å². The van der Waals surface area contributed by atoms with Gasteiger partial charge in [-0.15, -0.1) is 0 Å². The number of hydrogen-bond acceptors (Lipinski definition) is 6. The molecule has 2 aromatic heterocycles. The number of aromatic amines is 1. The van der Waals surface area contributed by atoms with Crippen LogP contribution in [0.25, 0.3) is 11.2 Å². The largest absolute Gasteiger partial charge is 0.456 e. The molecule has 2 unspecified atom stereocenters. The van der Waals surface area contributed by atoms with Crippen LogP contribution >= 0.6 is 0 Å². The summed E-state index contributed by atoms with van der Waals surface area (Å²) < 4.78 is 8.57. The van der Waals surface area contributed by atoms with Gasteiger partial charge < -0.3 is 14.2 Å². The van der Waals surface area contributed by atoms with Gasteiger partial charge in [-0.1, -0.05) is 41.0 Å². The number of nitrogens with zero attached hydrogens (tertiary/aromatic N) is 4. The van der Waals surface area contributed by atoms with Crippen molar-refractivity contribution < 1.29 is 14.3 Å². The Morgan fingerprint density at radius 2 is 1.83 bits per heavy atom. The van der Waals surface area contributed by atoms with Crippen LogP contribution in [0, 0.1) is 17.8 Å². The molecule has 10 heteroatoms. The first-order valence-corrected chi connectivity index (χ1v) is 12.8. The number of nitrogens with one attached hydrogen (secondary N) is 1. The van der Waals surface area contributed by atoms with E-state index in [0.29, 0.717) is 55.0 Å². The van der Waals surface area contributed by atoms with Crippen LogP contribution in [0.2, 0.25) is 0 Å². The summed E-state index contributed by atoms with van der Waals surface area (Å²) in [5.41, 5.74) is -0.257. The highest BCUT2D eigenvalue weighted by Crippen LogP contribution is 2.21. The second-order valence-electron chi connectivity index (χ2n) is 10.4. The second kappa shape index (κ2) is 11.7. The minimum absolute atomic E-state index is 0.0264. The highest BCUT2D eigenvalue weighted by atomic mass is 16.5. The quantitative estimate of drug-likeness (QED) is 0.512. The molecule has 1 aliphatic heterocycles. The van der Waals surface area contributed by atoms with Gasteiger partial charge in [0.15, 0.2) is 17.8 Å². The van der Waals surface area contributed by atoms with Crippen molar-refractivity contribution in [3.8, 4) is 0 Å². The van der Waals surface area contributed by atoms with Crippen molar-refractivity contribution in [1.82, 2.24) is 24.0 Å². The molecule has 0 aliphatic carbocycles. The van der Waals surface area contributed by atoms with Gasteiger partial charge >= 0.3 is 11.7 Å². The summed E-state index contributed by atoms with van der Waals surface area (Å²) in [4.78, 5) is 58.9. The number of aryl methyl sites for hydroxylation is 2. The summed E-state index contributed by atoms with van der Waals surface area (Å²) in [6.45, 7) is 12.4. The van der Waals surface area contributed by atoms with Crippen molar-refractivity contribution >= 4 is 23.0 Å². The first-order valence-electron chi connectivity index (χ1n) is 12.8. The number of unbranched alkanes of at least 4 members (excludes halogenated alkanes) is 1. The molecule has 0 saturated carbocycles. The number of fused-ring (bicyclic) bond motifs is 1. The number of H-pyrrole nitrogens is 1. The van der Waals surface area contributed by atoms with Crippen molar-refractivity contribution in [3.05, 3.63) is 26.7 Å². The van der Waals surface area contributed by atoms with Crippen molar-refractivity contribution in [1.29, 1.82) is 0 Å². The zero-order chi connectivity index (χ0) is 25.7. The van der Waals surface area contributed by atoms with Crippen LogP contribution in [0.5, 0.6) is 0 Å². The average Bonchev–Trinajstić information content (AvgIpc) is 3.13. The number of amides is 1. The molecule has 1 N–H and O–H groups in total. The molecular weight excluding hydrogens is 450 g/mol. The average molecular weight is 490 g/mol. The van der Waals surface area contributed by atoms with E-state index in [-0.39, 0.29) is 31.3 Å². The van der Waals surface area contributed by atoms with Crippen LogP contribution in [0.4, 0.5) is 0 Å². The Labute approximate surface area is 205 Å². The van der Waals surface area contributed by atoms with Gasteiger partial charge in [-0.05, 0) is 30.6 Å². The molecule has 3 rings (SSSR count). The Bertz CT molecular complexity index is 1150. The molecule has 0 radical (unpaired) electrons. The predicted octanol–water partition coefficient (Wildman–Crippen LogP) is 2.32. The zero-order valence-electron chi connectivity index (χ0n) is 21.6. The number of hydrogen-bond donors (Lipinski definition) is 1. The van der Waals surface area contributed by atoms with Gasteiger partial charge in [0.05, 0.1) is 6.42 Å². The fourth-order valence-electron chi connectivity index (χ4n) is 4.88. The SMILES string of the molecule is CCCCn1c(=O)[nH]c(=O)c2c1nc(CCC(=O)OCC(=O)N1CC(C)CC(C)C1)n2CC(C)C. The minimum atomic E-state index is -0.489. The molecule has 1 aliphatic rings. The number of carbonyl (C=O) groups is 2. The normalized spacial score (nSPS) is 18.4. The van der Waals surface area contributed by atoms with E-state index < -0.39 is 17.2 Å². The lowest BCUT2D eigenvalue weighted by molar-refractivity contribution is -0.153. The van der Waals surface area contributed by atoms with Gasteiger partial charge in [0.25, 0.3) is 11.5 Å². The van der Waals surface area contributed by atoms with Crippen LogP contribution in [-0.2, 0) is 33.8 Å². The second-order valence-corrected chi connectivity index (χ2v) is 10.4. The highest BCUT2D eigenvalue weighted by molar-refractivity contribution is 5.81. The Hall–Kier alpha value is -2.91. The number of piperidine rings is 1. The molecule has 1 saturated heterocycles. The minimum Gasteiger partial charge on any atom is -0.456 e. The number of likely N-dealkylation sites (tertiary alicyclic amines) is 1. The molecule has 2 aromatic rings. The highest BCUT2D eigenvalue weighted by Gasteiger charge is 2.26. The van der Waals surface area contributed by atoms with Crippen LogP contribution in [-0.4, -0.2) is 55.6 Å². The Morgan fingerprint density at radius 1 is 1.14 bits per heavy atom. The van der Waals surface area contributed by atoms with Gasteiger partial charge in [-0.25, -0.2) is 9.78 Å². The Morgan fingerprint density at radius 3 is 2.46 bits per heavy atom. The van der Waals surface area contributed by atoms with Crippen molar-refractivity contribution in [3.63, 3.8) is 0 Å². The fraction of sp³-hybridized carbons (Fsp3) is 0.720. The third kappa shape index (κ3) is 6.61. The van der Waals surface area contributed by atoms with Gasteiger partial charge in [0.2, 0.25) is 0 Å². The third-order valence-corrected chi connectivity index (χ3v) is 6.38. The van der Waals surface area contributed by atoms with Crippen LogP contribution < -0.4 is 11.2 Å². The molecule has 2 atom stereocenters. The van der Waals surface area contributed by atoms with E-state index in [1.165, 1.54) is 4.57 Å². The smallest absolute Gasteiger partial charge is 0.330 e. The van der Waals surface area contributed by atoms with Gasteiger partial charge in [-0.2, -0.15) is 0 Å². The first kappa shape index (κ1) is 26.7. The number of imidazole rings is 1. The lowest BCUT2D eigenvalue weighted by Gasteiger charge is -2.34.